The van der Waals surface area contributed by atoms with E-state index in [4.69, 9.17) is 9.15 Å². The second kappa shape index (κ2) is 8.32. The van der Waals surface area contributed by atoms with E-state index in [-0.39, 0.29) is 5.56 Å². The van der Waals surface area contributed by atoms with Gasteiger partial charge >= 0.3 is 5.63 Å². The number of ketones is 1. The van der Waals surface area contributed by atoms with Crippen LogP contribution in [0.1, 0.15) is 29.8 Å². The molecule has 0 saturated heterocycles. The minimum absolute atomic E-state index is 0.0200. The number of carbonyl (C=O) groups is 1. The van der Waals surface area contributed by atoms with Crippen LogP contribution in [0.15, 0.2) is 81.5 Å². The first-order valence-corrected chi connectivity index (χ1v) is 8.64. The number of ether oxygens (including phenoxy) is 1. The number of hydrogen-bond donors (Lipinski definition) is 0. The zero-order valence-electron chi connectivity index (χ0n) is 15.3. The Morgan fingerprint density at radius 2 is 1.81 bits per heavy atom. The Labute approximate surface area is 157 Å². The van der Waals surface area contributed by atoms with Crippen LogP contribution in [0.5, 0.6) is 5.75 Å². The van der Waals surface area contributed by atoms with Crippen LogP contribution in [0.4, 0.5) is 0 Å². The van der Waals surface area contributed by atoms with Crippen molar-refractivity contribution in [2.75, 3.05) is 6.61 Å². The van der Waals surface area contributed by atoms with Crippen LogP contribution >= 0.6 is 0 Å². The van der Waals surface area contributed by atoms with Gasteiger partial charge in [-0.15, -0.1) is 0 Å². The van der Waals surface area contributed by atoms with Crippen LogP contribution in [0, 0.1) is 0 Å². The smallest absolute Gasteiger partial charge is 0.347 e. The number of fused-ring (bicyclic) bond motifs is 1. The average Bonchev–Trinajstić information content (AvgIpc) is 2.66. The molecule has 4 nitrogen and oxygen atoms in total. The van der Waals surface area contributed by atoms with E-state index in [0.717, 1.165) is 11.3 Å². The van der Waals surface area contributed by atoms with Crippen LogP contribution in [0.3, 0.4) is 0 Å². The van der Waals surface area contributed by atoms with E-state index in [1.54, 1.807) is 30.3 Å². The molecule has 0 aliphatic heterocycles. The molecular formula is C23H20O4. The number of allylic oxidation sites excluding steroid dienone is 2. The molecule has 4 heteroatoms. The van der Waals surface area contributed by atoms with Gasteiger partial charge in [-0.2, -0.15) is 0 Å². The summed E-state index contributed by atoms with van der Waals surface area (Å²) in [6.07, 6.45) is 5.04. The van der Waals surface area contributed by atoms with E-state index >= 15 is 0 Å². The number of benzene rings is 2. The van der Waals surface area contributed by atoms with Gasteiger partial charge in [0, 0.05) is 5.39 Å². The van der Waals surface area contributed by atoms with Gasteiger partial charge in [-0.25, -0.2) is 4.79 Å². The highest BCUT2D eigenvalue weighted by Crippen LogP contribution is 2.15. The molecule has 0 spiro atoms. The monoisotopic (exact) mass is 360 g/mol. The van der Waals surface area contributed by atoms with Crippen molar-refractivity contribution < 1.29 is 13.9 Å². The summed E-state index contributed by atoms with van der Waals surface area (Å²) < 4.78 is 10.8. The van der Waals surface area contributed by atoms with Gasteiger partial charge in [-0.3, -0.25) is 4.79 Å². The number of rotatable bonds is 6. The standard InChI is InChI=1S/C23H20O4/c1-16(2)13-14-26-19-10-7-17(8-11-19)9-12-21(24)20-15-18-5-3-4-6-22(18)27-23(20)25/h3-13,15H,14H2,1-2H3/b12-9+. The molecule has 0 fully saturated rings. The average molecular weight is 360 g/mol. The topological polar surface area (TPSA) is 56.5 Å². The Morgan fingerprint density at radius 1 is 1.07 bits per heavy atom. The summed E-state index contributed by atoms with van der Waals surface area (Å²) in [5, 5.41) is 0.715. The Bertz CT molecular complexity index is 1070. The zero-order chi connectivity index (χ0) is 19.2. The van der Waals surface area contributed by atoms with Crippen molar-refractivity contribution in [3.8, 4) is 5.75 Å². The first-order valence-electron chi connectivity index (χ1n) is 8.64. The molecular weight excluding hydrogens is 340 g/mol. The molecule has 0 atom stereocenters. The van der Waals surface area contributed by atoms with Crippen molar-refractivity contribution in [1.29, 1.82) is 0 Å². The molecule has 0 aliphatic carbocycles. The summed E-state index contributed by atoms with van der Waals surface area (Å²) in [4.78, 5) is 24.4. The zero-order valence-corrected chi connectivity index (χ0v) is 15.3. The van der Waals surface area contributed by atoms with E-state index in [1.165, 1.54) is 11.6 Å². The third kappa shape index (κ3) is 4.82. The minimum atomic E-state index is -0.633. The molecule has 0 unspecified atom stereocenters. The molecule has 1 aromatic heterocycles. The molecule has 0 saturated carbocycles. The van der Waals surface area contributed by atoms with Crippen LogP contribution in [0.25, 0.3) is 17.0 Å². The Hall–Kier alpha value is -3.40. The number of hydrogen-bond acceptors (Lipinski definition) is 4. The van der Waals surface area contributed by atoms with Crippen LogP contribution in [-0.4, -0.2) is 12.4 Å². The van der Waals surface area contributed by atoms with Crippen molar-refractivity contribution in [3.63, 3.8) is 0 Å². The van der Waals surface area contributed by atoms with Gasteiger partial charge in [-0.05, 0) is 55.8 Å². The van der Waals surface area contributed by atoms with Gasteiger partial charge in [0.2, 0.25) is 0 Å². The fourth-order valence-electron chi connectivity index (χ4n) is 2.48. The van der Waals surface area contributed by atoms with E-state index < -0.39 is 11.4 Å². The predicted molar refractivity (Wildman–Crippen MR) is 107 cm³/mol. The van der Waals surface area contributed by atoms with Crippen LogP contribution in [0.2, 0.25) is 0 Å². The highest BCUT2D eigenvalue weighted by molar-refractivity contribution is 6.07. The molecule has 3 aromatic rings. The van der Waals surface area contributed by atoms with Gasteiger partial charge in [0.1, 0.15) is 23.5 Å². The van der Waals surface area contributed by atoms with Crippen molar-refractivity contribution in [2.24, 2.45) is 0 Å². The maximum absolute atomic E-state index is 12.4. The fraction of sp³-hybridized carbons (Fsp3) is 0.130. The third-order valence-electron chi connectivity index (χ3n) is 3.96. The summed E-state index contributed by atoms with van der Waals surface area (Å²) in [5.41, 5.74) is 1.89. The lowest BCUT2D eigenvalue weighted by atomic mass is 10.1. The van der Waals surface area contributed by atoms with Crippen molar-refractivity contribution >= 4 is 22.8 Å². The van der Waals surface area contributed by atoms with E-state index in [0.29, 0.717) is 17.6 Å². The molecule has 1 heterocycles. The van der Waals surface area contributed by atoms with Gasteiger partial charge in [0.05, 0.1) is 0 Å². The fourth-order valence-corrected chi connectivity index (χ4v) is 2.48. The Balaban J connectivity index is 1.72. The molecule has 27 heavy (non-hydrogen) atoms. The van der Waals surface area contributed by atoms with Gasteiger partial charge < -0.3 is 9.15 Å². The summed E-state index contributed by atoms with van der Waals surface area (Å²) in [6, 6.07) is 16.0. The molecule has 0 aliphatic rings. The molecule has 0 amide bonds. The molecule has 136 valence electrons. The molecule has 0 bridgehead atoms. The quantitative estimate of drug-likeness (QED) is 0.268. The maximum atomic E-state index is 12.4. The summed E-state index contributed by atoms with van der Waals surface area (Å²) in [6.45, 7) is 4.56. The summed E-state index contributed by atoms with van der Waals surface area (Å²) in [7, 11) is 0. The largest absolute Gasteiger partial charge is 0.490 e. The van der Waals surface area contributed by atoms with Crippen LogP contribution < -0.4 is 10.4 Å². The summed E-state index contributed by atoms with van der Waals surface area (Å²) >= 11 is 0. The predicted octanol–water partition coefficient (Wildman–Crippen LogP) is 5.03. The van der Waals surface area contributed by atoms with Crippen LogP contribution in [-0.2, 0) is 0 Å². The van der Waals surface area contributed by atoms with E-state index in [9.17, 15) is 9.59 Å². The molecule has 2 aromatic carbocycles. The van der Waals surface area contributed by atoms with Crippen molar-refractivity contribution in [3.05, 3.63) is 93.9 Å². The SMILES string of the molecule is CC(C)=CCOc1ccc(/C=C/C(=O)c2cc3ccccc3oc2=O)cc1. The number of carbonyl (C=O) groups excluding carboxylic acids is 1. The molecule has 3 rings (SSSR count). The van der Waals surface area contributed by atoms with Gasteiger partial charge in [-0.1, -0.05) is 42.0 Å². The lowest BCUT2D eigenvalue weighted by Gasteiger charge is -2.03. The van der Waals surface area contributed by atoms with E-state index in [1.807, 2.05) is 50.3 Å². The summed E-state index contributed by atoms with van der Waals surface area (Å²) in [5.74, 6) is 0.365. The Morgan fingerprint density at radius 3 is 2.56 bits per heavy atom. The number of para-hydroxylation sites is 1. The normalized spacial score (nSPS) is 10.9. The highest BCUT2D eigenvalue weighted by Gasteiger charge is 2.10. The maximum Gasteiger partial charge on any atom is 0.347 e. The minimum Gasteiger partial charge on any atom is -0.490 e. The Kier molecular flexibility index (Phi) is 5.67. The molecule has 0 N–H and O–H groups in total. The first-order chi connectivity index (χ1) is 13.0. The van der Waals surface area contributed by atoms with Crippen molar-refractivity contribution in [1.82, 2.24) is 0 Å². The highest BCUT2D eigenvalue weighted by atomic mass is 16.5. The molecule has 0 radical (unpaired) electrons. The van der Waals surface area contributed by atoms with Gasteiger partial charge in [0.15, 0.2) is 5.78 Å². The van der Waals surface area contributed by atoms with Crippen molar-refractivity contribution in [2.45, 2.75) is 13.8 Å². The second-order valence-electron chi connectivity index (χ2n) is 6.34. The third-order valence-corrected chi connectivity index (χ3v) is 3.96. The lowest BCUT2D eigenvalue weighted by Crippen LogP contribution is -2.11. The lowest BCUT2D eigenvalue weighted by molar-refractivity contribution is 0.104. The second-order valence-corrected chi connectivity index (χ2v) is 6.34. The van der Waals surface area contributed by atoms with E-state index in [2.05, 4.69) is 0 Å². The van der Waals surface area contributed by atoms with Gasteiger partial charge in [0.25, 0.3) is 0 Å². The first kappa shape index (κ1) is 18.4.